The lowest BCUT2D eigenvalue weighted by Crippen LogP contribution is -2.45. The summed E-state index contributed by atoms with van der Waals surface area (Å²) >= 11 is 0. The summed E-state index contributed by atoms with van der Waals surface area (Å²) in [6.07, 6.45) is 3.36. The van der Waals surface area contributed by atoms with Crippen molar-refractivity contribution in [3.05, 3.63) is 0 Å². The second-order valence-electron chi connectivity index (χ2n) is 5.70. The van der Waals surface area contributed by atoms with Crippen molar-refractivity contribution >= 4 is 19.5 Å². The molecular formula is C14H26NO6P. The van der Waals surface area contributed by atoms with Crippen molar-refractivity contribution in [2.45, 2.75) is 64.5 Å². The zero-order valence-corrected chi connectivity index (χ0v) is 14.1. The summed E-state index contributed by atoms with van der Waals surface area (Å²) in [5.41, 5.74) is 0. The molecule has 1 rings (SSSR count). The number of likely N-dealkylation sites (tertiary alicyclic amines) is 1. The fourth-order valence-electron chi connectivity index (χ4n) is 2.60. The van der Waals surface area contributed by atoms with Crippen LogP contribution in [0.4, 0.5) is 0 Å². The van der Waals surface area contributed by atoms with Gasteiger partial charge < -0.3 is 14.9 Å². The van der Waals surface area contributed by atoms with Gasteiger partial charge in [0.15, 0.2) is 0 Å². The van der Waals surface area contributed by atoms with Crippen LogP contribution in [0.1, 0.15) is 52.4 Å². The van der Waals surface area contributed by atoms with Crippen LogP contribution in [0, 0.1) is 0 Å². The summed E-state index contributed by atoms with van der Waals surface area (Å²) in [6.45, 7) is 3.79. The predicted octanol–water partition coefficient (Wildman–Crippen LogP) is 2.23. The number of nitrogens with zero attached hydrogens (tertiary/aromatic N) is 1. The first-order valence-corrected chi connectivity index (χ1v) is 9.58. The molecule has 7 nitrogen and oxygen atoms in total. The third kappa shape index (κ3) is 5.71. The standard InChI is InChI=1S/C14H26NO6P/c1-3-4-5-6-10-22(19,20)21-11(2)13(16)15-9-7-8-12(15)14(17)18/h11-12H,3-10H2,1-2H3,(H,17,18)(H,19,20)/t11?,12-/m0/s1. The van der Waals surface area contributed by atoms with Gasteiger partial charge in [-0.05, 0) is 26.2 Å². The lowest BCUT2D eigenvalue weighted by atomic mass is 10.2. The maximum atomic E-state index is 12.2. The Bertz CT molecular complexity index is 441. The molecule has 22 heavy (non-hydrogen) atoms. The Morgan fingerprint density at radius 3 is 2.64 bits per heavy atom. The number of carbonyl (C=O) groups excluding carboxylic acids is 1. The fraction of sp³-hybridized carbons (Fsp3) is 0.857. The minimum Gasteiger partial charge on any atom is -0.480 e. The van der Waals surface area contributed by atoms with Crippen molar-refractivity contribution in [1.82, 2.24) is 4.90 Å². The number of carboxylic acids is 1. The minimum absolute atomic E-state index is 0.0208. The van der Waals surface area contributed by atoms with Gasteiger partial charge in [0.2, 0.25) is 0 Å². The lowest BCUT2D eigenvalue weighted by Gasteiger charge is -2.26. The van der Waals surface area contributed by atoms with Crippen LogP contribution in [0.2, 0.25) is 0 Å². The van der Waals surface area contributed by atoms with Gasteiger partial charge in [0, 0.05) is 6.54 Å². The molecule has 3 atom stereocenters. The molecule has 1 heterocycles. The molecular weight excluding hydrogens is 309 g/mol. The summed E-state index contributed by atoms with van der Waals surface area (Å²) in [5.74, 6) is -1.59. The number of rotatable bonds is 9. The van der Waals surface area contributed by atoms with E-state index < -0.39 is 31.6 Å². The lowest BCUT2D eigenvalue weighted by molar-refractivity contribution is -0.151. The van der Waals surface area contributed by atoms with Crippen LogP contribution in [0.3, 0.4) is 0 Å². The van der Waals surface area contributed by atoms with Crippen molar-refractivity contribution in [1.29, 1.82) is 0 Å². The molecule has 2 unspecified atom stereocenters. The van der Waals surface area contributed by atoms with Crippen LogP contribution in [0.25, 0.3) is 0 Å². The van der Waals surface area contributed by atoms with Gasteiger partial charge in [-0.15, -0.1) is 0 Å². The summed E-state index contributed by atoms with van der Waals surface area (Å²) in [5, 5.41) is 9.07. The Morgan fingerprint density at radius 2 is 2.05 bits per heavy atom. The Balaban J connectivity index is 2.52. The molecule has 1 amide bonds. The highest BCUT2D eigenvalue weighted by molar-refractivity contribution is 7.52. The van der Waals surface area contributed by atoms with Gasteiger partial charge in [0.05, 0.1) is 6.16 Å². The molecule has 1 fully saturated rings. The van der Waals surface area contributed by atoms with Crippen LogP contribution in [0.5, 0.6) is 0 Å². The highest BCUT2D eigenvalue weighted by Gasteiger charge is 2.37. The van der Waals surface area contributed by atoms with Crippen LogP contribution in [-0.4, -0.2) is 51.6 Å². The van der Waals surface area contributed by atoms with Crippen LogP contribution in [0.15, 0.2) is 0 Å². The molecule has 1 aliphatic rings. The first kappa shape index (κ1) is 19.1. The van der Waals surface area contributed by atoms with E-state index in [1.165, 1.54) is 11.8 Å². The van der Waals surface area contributed by atoms with E-state index in [1.807, 2.05) is 6.92 Å². The molecule has 0 spiro atoms. The number of unbranched alkanes of at least 4 members (excludes halogenated alkanes) is 3. The van der Waals surface area contributed by atoms with E-state index in [0.717, 1.165) is 19.3 Å². The molecule has 0 bridgehead atoms. The molecule has 1 aliphatic heterocycles. The Kier molecular flexibility index (Phi) is 7.53. The highest BCUT2D eigenvalue weighted by Crippen LogP contribution is 2.44. The summed E-state index contributed by atoms with van der Waals surface area (Å²) in [6, 6.07) is -0.860. The minimum atomic E-state index is -3.82. The average Bonchev–Trinajstić information content (AvgIpc) is 2.91. The van der Waals surface area contributed by atoms with Gasteiger partial charge in [0.1, 0.15) is 12.1 Å². The van der Waals surface area contributed by atoms with Gasteiger partial charge in [-0.2, -0.15) is 0 Å². The number of hydrogen-bond donors (Lipinski definition) is 2. The van der Waals surface area contributed by atoms with Gasteiger partial charge in [0.25, 0.3) is 5.91 Å². The second kappa shape index (κ2) is 8.65. The predicted molar refractivity (Wildman–Crippen MR) is 81.8 cm³/mol. The summed E-state index contributed by atoms with van der Waals surface area (Å²) in [4.78, 5) is 34.3. The van der Waals surface area contributed by atoms with Crippen molar-refractivity contribution in [3.63, 3.8) is 0 Å². The van der Waals surface area contributed by atoms with Crippen molar-refractivity contribution < 1.29 is 28.7 Å². The number of amides is 1. The third-order valence-corrected chi connectivity index (χ3v) is 5.31. The van der Waals surface area contributed by atoms with Crippen molar-refractivity contribution in [2.75, 3.05) is 12.7 Å². The molecule has 0 saturated carbocycles. The molecule has 0 aromatic heterocycles. The number of carbonyl (C=O) groups is 2. The Labute approximate surface area is 131 Å². The second-order valence-corrected chi connectivity index (χ2v) is 7.63. The zero-order chi connectivity index (χ0) is 16.8. The molecule has 0 radical (unpaired) electrons. The van der Waals surface area contributed by atoms with E-state index in [0.29, 0.717) is 25.8 Å². The third-order valence-electron chi connectivity index (χ3n) is 3.79. The Hall–Kier alpha value is -0.910. The van der Waals surface area contributed by atoms with Gasteiger partial charge >= 0.3 is 13.6 Å². The number of hydrogen-bond acceptors (Lipinski definition) is 4. The zero-order valence-electron chi connectivity index (χ0n) is 13.2. The smallest absolute Gasteiger partial charge is 0.328 e. The number of aliphatic carboxylic acids is 1. The molecule has 0 aliphatic carbocycles. The molecule has 0 aromatic rings. The fourth-order valence-corrected chi connectivity index (χ4v) is 3.92. The topological polar surface area (TPSA) is 104 Å². The van der Waals surface area contributed by atoms with Crippen LogP contribution >= 0.6 is 7.60 Å². The quantitative estimate of drug-likeness (QED) is 0.494. The van der Waals surface area contributed by atoms with Crippen LogP contribution in [-0.2, 0) is 18.7 Å². The molecule has 8 heteroatoms. The van der Waals surface area contributed by atoms with Gasteiger partial charge in [-0.3, -0.25) is 13.9 Å². The maximum Gasteiger partial charge on any atom is 0.328 e. The van der Waals surface area contributed by atoms with E-state index in [9.17, 15) is 19.0 Å². The van der Waals surface area contributed by atoms with Gasteiger partial charge in [-0.1, -0.05) is 26.2 Å². The molecule has 128 valence electrons. The first-order valence-electron chi connectivity index (χ1n) is 7.82. The van der Waals surface area contributed by atoms with Crippen LogP contribution < -0.4 is 0 Å². The van der Waals surface area contributed by atoms with Crippen molar-refractivity contribution in [3.8, 4) is 0 Å². The van der Waals surface area contributed by atoms with Crippen molar-refractivity contribution in [2.24, 2.45) is 0 Å². The largest absolute Gasteiger partial charge is 0.480 e. The monoisotopic (exact) mass is 335 g/mol. The highest BCUT2D eigenvalue weighted by atomic mass is 31.2. The first-order chi connectivity index (χ1) is 10.3. The normalized spacial score (nSPS) is 22.3. The van der Waals surface area contributed by atoms with E-state index in [-0.39, 0.29) is 6.16 Å². The SMILES string of the molecule is CCCCCCP(=O)(O)OC(C)C(=O)N1CCC[C@H]1C(=O)O. The van der Waals surface area contributed by atoms with Gasteiger partial charge in [-0.25, -0.2) is 4.79 Å². The summed E-state index contributed by atoms with van der Waals surface area (Å²) < 4.78 is 17.0. The Morgan fingerprint density at radius 1 is 1.36 bits per heavy atom. The summed E-state index contributed by atoms with van der Waals surface area (Å²) in [7, 11) is -3.82. The van der Waals surface area contributed by atoms with E-state index in [1.54, 1.807) is 0 Å². The molecule has 2 N–H and O–H groups in total. The molecule has 0 aromatic carbocycles. The molecule has 1 saturated heterocycles. The van der Waals surface area contributed by atoms with E-state index in [4.69, 9.17) is 9.63 Å². The average molecular weight is 335 g/mol. The maximum absolute atomic E-state index is 12.2. The number of carboxylic acid groups (broad SMARTS) is 1. The van der Waals surface area contributed by atoms with E-state index in [2.05, 4.69) is 0 Å². The van der Waals surface area contributed by atoms with E-state index >= 15 is 0 Å².